The molecule has 0 unspecified atom stereocenters. The molecular formula is C14H18ClNO3. The number of aliphatic carboxylic acids is 1. The van der Waals surface area contributed by atoms with Crippen molar-refractivity contribution < 1.29 is 14.6 Å². The summed E-state index contributed by atoms with van der Waals surface area (Å²) in [6, 6.07) is 5.56. The van der Waals surface area contributed by atoms with Gasteiger partial charge in [-0.25, -0.2) is 0 Å². The van der Waals surface area contributed by atoms with Gasteiger partial charge in [0.15, 0.2) is 0 Å². The van der Waals surface area contributed by atoms with E-state index >= 15 is 0 Å². The molecule has 0 aliphatic heterocycles. The molecule has 1 aromatic rings. The molecule has 2 rings (SSSR count). The highest BCUT2D eigenvalue weighted by atomic mass is 35.5. The molecular weight excluding hydrogens is 266 g/mol. The van der Waals surface area contributed by atoms with Crippen LogP contribution in [0.15, 0.2) is 18.2 Å². The van der Waals surface area contributed by atoms with E-state index in [1.54, 1.807) is 13.2 Å². The summed E-state index contributed by atoms with van der Waals surface area (Å²) in [7, 11) is 1.58. The van der Waals surface area contributed by atoms with Gasteiger partial charge in [0.25, 0.3) is 0 Å². The van der Waals surface area contributed by atoms with Crippen LogP contribution in [0.25, 0.3) is 0 Å². The zero-order valence-corrected chi connectivity index (χ0v) is 11.7. The summed E-state index contributed by atoms with van der Waals surface area (Å²) >= 11 is 5.95. The van der Waals surface area contributed by atoms with Crippen molar-refractivity contribution in [3.63, 3.8) is 0 Å². The van der Waals surface area contributed by atoms with Crippen molar-refractivity contribution in [3.8, 4) is 5.75 Å². The first kappa shape index (κ1) is 14.2. The van der Waals surface area contributed by atoms with Gasteiger partial charge < -0.3 is 15.2 Å². The molecule has 0 heterocycles. The molecule has 0 bridgehead atoms. The molecule has 104 valence electrons. The summed E-state index contributed by atoms with van der Waals surface area (Å²) in [5.41, 5.74) is 0.470. The van der Waals surface area contributed by atoms with E-state index in [9.17, 15) is 9.90 Å². The highest BCUT2D eigenvalue weighted by Gasteiger charge is 2.43. The van der Waals surface area contributed by atoms with Crippen molar-refractivity contribution in [1.29, 1.82) is 0 Å². The molecule has 4 nitrogen and oxygen atoms in total. The number of halogens is 1. The molecule has 1 aromatic carbocycles. The minimum absolute atomic E-state index is 0.507. The van der Waals surface area contributed by atoms with E-state index in [1.165, 1.54) is 0 Å². The lowest BCUT2D eigenvalue weighted by atomic mass is 9.69. The molecule has 0 radical (unpaired) electrons. The second-order valence-electron chi connectivity index (χ2n) is 5.01. The zero-order chi connectivity index (χ0) is 13.9. The van der Waals surface area contributed by atoms with Crippen molar-refractivity contribution >= 4 is 17.6 Å². The number of nitrogens with one attached hydrogen (secondary N) is 1. The molecule has 2 N–H and O–H groups in total. The predicted molar refractivity (Wildman–Crippen MR) is 73.6 cm³/mol. The maximum atomic E-state index is 11.2. The predicted octanol–water partition coefficient (Wildman–Crippen LogP) is 2.69. The Morgan fingerprint density at radius 1 is 1.53 bits per heavy atom. The van der Waals surface area contributed by atoms with Crippen LogP contribution in [-0.4, -0.2) is 24.7 Å². The lowest BCUT2D eigenvalue weighted by molar-refractivity contribution is -0.154. The van der Waals surface area contributed by atoms with Gasteiger partial charge in [0, 0.05) is 13.1 Å². The van der Waals surface area contributed by atoms with E-state index in [4.69, 9.17) is 16.3 Å². The molecule has 0 atom stereocenters. The van der Waals surface area contributed by atoms with Gasteiger partial charge in [0.2, 0.25) is 0 Å². The van der Waals surface area contributed by atoms with Gasteiger partial charge in [0.1, 0.15) is 5.75 Å². The maximum absolute atomic E-state index is 11.2. The van der Waals surface area contributed by atoms with E-state index in [-0.39, 0.29) is 0 Å². The normalized spacial score (nSPS) is 16.7. The van der Waals surface area contributed by atoms with Gasteiger partial charge >= 0.3 is 5.97 Å². The molecule has 0 amide bonds. The number of rotatable bonds is 6. The van der Waals surface area contributed by atoms with Gasteiger partial charge in [-0.3, -0.25) is 4.79 Å². The van der Waals surface area contributed by atoms with Crippen LogP contribution in [0.5, 0.6) is 5.75 Å². The van der Waals surface area contributed by atoms with Crippen LogP contribution < -0.4 is 10.1 Å². The smallest absolute Gasteiger partial charge is 0.310 e. The molecule has 1 fully saturated rings. The van der Waals surface area contributed by atoms with Crippen LogP contribution in [-0.2, 0) is 11.3 Å². The van der Waals surface area contributed by atoms with Gasteiger partial charge in [-0.05, 0) is 30.5 Å². The number of carboxylic acid groups (broad SMARTS) is 1. The third kappa shape index (κ3) is 3.01. The molecule has 1 aliphatic rings. The van der Waals surface area contributed by atoms with Crippen LogP contribution in [0.3, 0.4) is 0 Å². The van der Waals surface area contributed by atoms with Gasteiger partial charge in [-0.2, -0.15) is 0 Å². The van der Waals surface area contributed by atoms with Crippen molar-refractivity contribution in [2.24, 2.45) is 5.41 Å². The Balaban J connectivity index is 1.90. The molecule has 0 spiro atoms. The quantitative estimate of drug-likeness (QED) is 0.843. The number of carboxylic acids is 1. The fourth-order valence-corrected chi connectivity index (χ4v) is 2.52. The van der Waals surface area contributed by atoms with Crippen LogP contribution in [0.4, 0.5) is 0 Å². The fourth-order valence-electron chi connectivity index (χ4n) is 2.33. The minimum Gasteiger partial charge on any atom is -0.495 e. The van der Waals surface area contributed by atoms with Crippen LogP contribution in [0.2, 0.25) is 5.02 Å². The number of hydrogen-bond donors (Lipinski definition) is 2. The topological polar surface area (TPSA) is 58.6 Å². The van der Waals surface area contributed by atoms with Crippen LogP contribution in [0.1, 0.15) is 24.8 Å². The Bertz CT molecular complexity index is 472. The van der Waals surface area contributed by atoms with E-state index in [2.05, 4.69) is 5.32 Å². The average molecular weight is 284 g/mol. The summed E-state index contributed by atoms with van der Waals surface area (Å²) in [5.74, 6) is -0.0579. The molecule has 0 saturated heterocycles. The summed E-state index contributed by atoms with van der Waals surface area (Å²) < 4.78 is 5.15. The number of carbonyl (C=O) groups is 1. The SMILES string of the molecule is COc1cc(CNCC2(C(=O)O)CCC2)ccc1Cl. The van der Waals surface area contributed by atoms with E-state index in [1.807, 2.05) is 12.1 Å². The van der Waals surface area contributed by atoms with Crippen molar-refractivity contribution in [3.05, 3.63) is 28.8 Å². The molecule has 19 heavy (non-hydrogen) atoms. The highest BCUT2D eigenvalue weighted by Crippen LogP contribution is 2.40. The minimum atomic E-state index is -0.695. The largest absolute Gasteiger partial charge is 0.495 e. The summed E-state index contributed by atoms with van der Waals surface area (Å²) in [6.45, 7) is 1.12. The van der Waals surface area contributed by atoms with Crippen molar-refractivity contribution in [2.75, 3.05) is 13.7 Å². The highest BCUT2D eigenvalue weighted by molar-refractivity contribution is 6.32. The third-order valence-corrected chi connectivity index (χ3v) is 4.08. The van der Waals surface area contributed by atoms with Crippen molar-refractivity contribution in [1.82, 2.24) is 5.32 Å². The van der Waals surface area contributed by atoms with Crippen LogP contribution >= 0.6 is 11.6 Å². The Morgan fingerprint density at radius 2 is 2.26 bits per heavy atom. The van der Waals surface area contributed by atoms with Gasteiger partial charge in [-0.1, -0.05) is 24.1 Å². The van der Waals surface area contributed by atoms with E-state index < -0.39 is 11.4 Å². The molecule has 0 aromatic heterocycles. The Hall–Kier alpha value is -1.26. The lowest BCUT2D eigenvalue weighted by Gasteiger charge is -2.37. The second kappa shape index (κ2) is 5.80. The first-order chi connectivity index (χ1) is 9.07. The Labute approximate surface area is 117 Å². The van der Waals surface area contributed by atoms with Gasteiger partial charge in [-0.15, -0.1) is 0 Å². The maximum Gasteiger partial charge on any atom is 0.310 e. The lowest BCUT2D eigenvalue weighted by Crippen LogP contribution is -2.45. The number of methoxy groups -OCH3 is 1. The summed E-state index contributed by atoms with van der Waals surface area (Å²) in [4.78, 5) is 11.2. The average Bonchev–Trinajstić information content (AvgIpc) is 2.33. The fraction of sp³-hybridized carbons (Fsp3) is 0.500. The van der Waals surface area contributed by atoms with Crippen LogP contribution in [0, 0.1) is 5.41 Å². The summed E-state index contributed by atoms with van der Waals surface area (Å²) in [5, 5.41) is 13.0. The van der Waals surface area contributed by atoms with E-state index in [0.29, 0.717) is 23.9 Å². The summed E-state index contributed by atoms with van der Waals surface area (Å²) in [6.07, 6.45) is 2.53. The first-order valence-electron chi connectivity index (χ1n) is 6.34. The number of ether oxygens (including phenoxy) is 1. The number of benzene rings is 1. The Morgan fingerprint density at radius 3 is 2.79 bits per heavy atom. The monoisotopic (exact) mass is 283 g/mol. The third-order valence-electron chi connectivity index (χ3n) is 3.77. The first-order valence-corrected chi connectivity index (χ1v) is 6.72. The molecule has 1 saturated carbocycles. The number of hydrogen-bond acceptors (Lipinski definition) is 3. The molecule has 5 heteroatoms. The zero-order valence-electron chi connectivity index (χ0n) is 10.9. The van der Waals surface area contributed by atoms with Gasteiger partial charge in [0.05, 0.1) is 17.5 Å². The van der Waals surface area contributed by atoms with E-state index in [0.717, 1.165) is 24.8 Å². The Kier molecular flexibility index (Phi) is 4.32. The second-order valence-corrected chi connectivity index (χ2v) is 5.42. The van der Waals surface area contributed by atoms with Crippen molar-refractivity contribution in [2.45, 2.75) is 25.8 Å². The molecule has 1 aliphatic carbocycles. The standard InChI is InChI=1S/C14H18ClNO3/c1-19-12-7-10(3-4-11(12)15)8-16-9-14(13(17)18)5-2-6-14/h3-4,7,16H,2,5-6,8-9H2,1H3,(H,17,18).